The fourth-order valence-electron chi connectivity index (χ4n) is 4.25. The van der Waals surface area contributed by atoms with E-state index in [4.69, 9.17) is 9.15 Å². The van der Waals surface area contributed by atoms with Crippen LogP contribution in [0.2, 0.25) is 0 Å². The molecule has 34 heavy (non-hydrogen) atoms. The van der Waals surface area contributed by atoms with Gasteiger partial charge in [-0.3, -0.25) is 4.79 Å². The number of aromatic hydroxyl groups is 1. The minimum absolute atomic E-state index is 0.105. The van der Waals surface area contributed by atoms with E-state index in [1.165, 1.54) is 6.07 Å². The van der Waals surface area contributed by atoms with Crippen molar-refractivity contribution in [3.63, 3.8) is 0 Å². The molecule has 0 spiro atoms. The first-order valence-electron chi connectivity index (χ1n) is 11.7. The molecule has 0 radical (unpaired) electrons. The van der Waals surface area contributed by atoms with Crippen molar-refractivity contribution in [3.8, 4) is 11.5 Å². The standard InChI is InChI=1S/C26H34O8/c1-6-13(3)22(30)21-23(31)16-11-18(26(5,32)10-8-9-14(4)27)33-24(16)20-15(17(28)7-2)12-19(29)34-25(20)21/h8-9,12-14,17-18,27-28,31-32H,6-7,10-11H2,1-5H3/b9-8+. The largest absolute Gasteiger partial charge is 0.507 e. The number of carbonyl (C=O) groups is 1. The van der Waals surface area contributed by atoms with E-state index in [2.05, 4.69) is 0 Å². The lowest BCUT2D eigenvalue weighted by atomic mass is 9.87. The van der Waals surface area contributed by atoms with Gasteiger partial charge in [0.2, 0.25) is 0 Å². The lowest BCUT2D eigenvalue weighted by Crippen LogP contribution is -2.42. The van der Waals surface area contributed by atoms with Gasteiger partial charge in [0.15, 0.2) is 11.4 Å². The normalized spacial score (nSPS) is 20.1. The third-order valence-corrected chi connectivity index (χ3v) is 6.58. The fourth-order valence-corrected chi connectivity index (χ4v) is 4.25. The van der Waals surface area contributed by atoms with Crippen molar-refractivity contribution in [2.45, 2.75) is 84.2 Å². The highest BCUT2D eigenvalue weighted by molar-refractivity contribution is 6.12. The molecule has 0 aliphatic carbocycles. The average Bonchev–Trinajstić information content (AvgIpc) is 3.23. The minimum Gasteiger partial charge on any atom is -0.507 e. The number of Topliss-reactive ketones (excluding diaryl/α,β-unsaturated/α-hetero) is 1. The molecular formula is C26H34O8. The summed E-state index contributed by atoms with van der Waals surface area (Å²) < 4.78 is 11.6. The lowest BCUT2D eigenvalue weighted by Gasteiger charge is -2.28. The molecule has 2 aromatic rings. The van der Waals surface area contributed by atoms with Crippen LogP contribution in [0.3, 0.4) is 0 Å². The third kappa shape index (κ3) is 4.76. The maximum absolute atomic E-state index is 13.2. The molecule has 5 atom stereocenters. The first kappa shape index (κ1) is 25.9. The van der Waals surface area contributed by atoms with E-state index in [0.29, 0.717) is 18.4 Å². The number of carbonyl (C=O) groups excluding carboxylic acids is 1. The molecule has 0 amide bonds. The van der Waals surface area contributed by atoms with Gasteiger partial charge in [0.25, 0.3) is 0 Å². The summed E-state index contributed by atoms with van der Waals surface area (Å²) in [5.41, 5.74) is -1.78. The van der Waals surface area contributed by atoms with Gasteiger partial charge in [-0.25, -0.2) is 4.79 Å². The highest BCUT2D eigenvalue weighted by Gasteiger charge is 2.42. The third-order valence-electron chi connectivity index (χ3n) is 6.58. The Morgan fingerprint density at radius 1 is 1.26 bits per heavy atom. The molecule has 1 aliphatic heterocycles. The number of aliphatic hydroxyl groups is 3. The van der Waals surface area contributed by atoms with Crippen molar-refractivity contribution in [2.75, 3.05) is 0 Å². The molecule has 2 heterocycles. The molecule has 1 aliphatic rings. The number of ketones is 1. The Balaban J connectivity index is 2.26. The monoisotopic (exact) mass is 474 g/mol. The van der Waals surface area contributed by atoms with E-state index in [0.717, 1.165) is 0 Å². The molecule has 1 aromatic carbocycles. The second-order valence-corrected chi connectivity index (χ2v) is 9.39. The molecule has 5 unspecified atom stereocenters. The van der Waals surface area contributed by atoms with Crippen molar-refractivity contribution in [1.82, 2.24) is 0 Å². The van der Waals surface area contributed by atoms with Crippen molar-refractivity contribution in [3.05, 3.63) is 45.3 Å². The second-order valence-electron chi connectivity index (χ2n) is 9.39. The molecule has 0 bridgehead atoms. The van der Waals surface area contributed by atoms with E-state index >= 15 is 0 Å². The molecule has 8 nitrogen and oxygen atoms in total. The summed E-state index contributed by atoms with van der Waals surface area (Å²) in [4.78, 5) is 25.6. The van der Waals surface area contributed by atoms with Gasteiger partial charge in [-0.05, 0) is 33.1 Å². The Hall–Kier alpha value is -2.68. The quantitative estimate of drug-likeness (QED) is 0.246. The van der Waals surface area contributed by atoms with Crippen molar-refractivity contribution >= 4 is 16.8 Å². The highest BCUT2D eigenvalue weighted by Crippen LogP contribution is 2.49. The molecule has 1 aromatic heterocycles. The zero-order valence-electron chi connectivity index (χ0n) is 20.3. The van der Waals surface area contributed by atoms with Crippen molar-refractivity contribution < 1.29 is 34.4 Å². The number of benzene rings is 1. The fraction of sp³-hybridized carbons (Fsp3) is 0.538. The molecule has 3 rings (SSSR count). The Bertz CT molecular complexity index is 1160. The van der Waals surface area contributed by atoms with Crippen LogP contribution in [-0.4, -0.2) is 44.0 Å². The summed E-state index contributed by atoms with van der Waals surface area (Å²) in [6.45, 7) is 8.50. The summed E-state index contributed by atoms with van der Waals surface area (Å²) in [5.74, 6) is -0.973. The van der Waals surface area contributed by atoms with Crippen LogP contribution in [0.4, 0.5) is 0 Å². The smallest absolute Gasteiger partial charge is 0.336 e. The van der Waals surface area contributed by atoms with E-state index < -0.39 is 35.5 Å². The van der Waals surface area contributed by atoms with Crippen molar-refractivity contribution in [2.24, 2.45) is 5.92 Å². The van der Waals surface area contributed by atoms with Crippen LogP contribution >= 0.6 is 0 Å². The zero-order valence-corrected chi connectivity index (χ0v) is 20.3. The maximum atomic E-state index is 13.2. The predicted molar refractivity (Wildman–Crippen MR) is 127 cm³/mol. The number of rotatable bonds is 9. The molecule has 4 N–H and O–H groups in total. The summed E-state index contributed by atoms with van der Waals surface area (Å²) in [5, 5.41) is 42.7. The van der Waals surface area contributed by atoms with Crippen LogP contribution in [0.25, 0.3) is 11.0 Å². The zero-order chi connectivity index (χ0) is 25.4. The van der Waals surface area contributed by atoms with E-state index in [-0.39, 0.29) is 52.2 Å². The SMILES string of the molecule is CCC(C)C(=O)c1c(O)c2c(c3c(C(O)CC)cc(=O)oc13)OC(C(C)(O)C/C=C/C(C)O)C2. The molecule has 186 valence electrons. The Kier molecular flexibility index (Phi) is 7.55. The number of ether oxygens (including phenoxy) is 1. The van der Waals surface area contributed by atoms with Gasteiger partial charge in [-0.1, -0.05) is 32.9 Å². The van der Waals surface area contributed by atoms with Crippen LogP contribution in [0, 0.1) is 5.92 Å². The number of hydrogen-bond acceptors (Lipinski definition) is 8. The van der Waals surface area contributed by atoms with Crippen LogP contribution in [0.5, 0.6) is 11.5 Å². The molecule has 0 saturated heterocycles. The number of hydrogen-bond donors (Lipinski definition) is 4. The summed E-state index contributed by atoms with van der Waals surface area (Å²) >= 11 is 0. The van der Waals surface area contributed by atoms with Gasteiger partial charge < -0.3 is 29.6 Å². The van der Waals surface area contributed by atoms with E-state index in [9.17, 15) is 30.0 Å². The Morgan fingerprint density at radius 2 is 1.94 bits per heavy atom. The molecule has 0 saturated carbocycles. The van der Waals surface area contributed by atoms with Gasteiger partial charge in [-0.15, -0.1) is 0 Å². The topological polar surface area (TPSA) is 137 Å². The summed E-state index contributed by atoms with van der Waals surface area (Å²) in [7, 11) is 0. The second kappa shape index (κ2) is 9.90. The average molecular weight is 475 g/mol. The molecule has 8 heteroatoms. The Morgan fingerprint density at radius 3 is 2.53 bits per heavy atom. The van der Waals surface area contributed by atoms with Gasteiger partial charge in [0.1, 0.15) is 28.8 Å². The lowest BCUT2D eigenvalue weighted by molar-refractivity contribution is -0.0352. The van der Waals surface area contributed by atoms with Gasteiger partial charge in [0, 0.05) is 29.5 Å². The van der Waals surface area contributed by atoms with Crippen LogP contribution < -0.4 is 10.4 Å². The summed E-state index contributed by atoms with van der Waals surface area (Å²) in [6.07, 6.45) is 1.82. The minimum atomic E-state index is -1.37. The highest BCUT2D eigenvalue weighted by atomic mass is 16.5. The van der Waals surface area contributed by atoms with Crippen molar-refractivity contribution in [1.29, 1.82) is 0 Å². The van der Waals surface area contributed by atoms with Gasteiger partial charge in [0.05, 0.1) is 17.6 Å². The number of fused-ring (bicyclic) bond motifs is 3. The molecule has 0 fully saturated rings. The number of phenolic OH excluding ortho intramolecular Hbond substituents is 1. The van der Waals surface area contributed by atoms with Gasteiger partial charge >= 0.3 is 5.63 Å². The van der Waals surface area contributed by atoms with E-state index in [1.54, 1.807) is 39.8 Å². The predicted octanol–water partition coefficient (Wildman–Crippen LogP) is 3.55. The van der Waals surface area contributed by atoms with Gasteiger partial charge in [-0.2, -0.15) is 0 Å². The number of aliphatic hydroxyl groups excluding tert-OH is 2. The van der Waals surface area contributed by atoms with Crippen LogP contribution in [0.15, 0.2) is 27.4 Å². The van der Waals surface area contributed by atoms with Crippen LogP contribution in [-0.2, 0) is 6.42 Å². The van der Waals surface area contributed by atoms with E-state index in [1.807, 2.05) is 6.92 Å². The first-order valence-corrected chi connectivity index (χ1v) is 11.7. The number of phenols is 1. The first-order chi connectivity index (χ1) is 15.9. The molecular weight excluding hydrogens is 440 g/mol. The Labute approximate surface area is 198 Å². The maximum Gasteiger partial charge on any atom is 0.336 e. The van der Waals surface area contributed by atoms with Crippen LogP contribution in [0.1, 0.15) is 81.5 Å². The summed E-state index contributed by atoms with van der Waals surface area (Å²) in [6, 6.07) is 1.17.